The van der Waals surface area contributed by atoms with Crippen LogP contribution in [0.15, 0.2) is 66.7 Å². The first-order chi connectivity index (χ1) is 18.3. The van der Waals surface area contributed by atoms with Crippen molar-refractivity contribution in [3.63, 3.8) is 0 Å². The van der Waals surface area contributed by atoms with Crippen molar-refractivity contribution < 1.29 is 23.6 Å². The van der Waals surface area contributed by atoms with Crippen molar-refractivity contribution in [2.45, 2.75) is 31.9 Å². The van der Waals surface area contributed by atoms with Gasteiger partial charge in [-0.1, -0.05) is 36.4 Å². The SMILES string of the molecule is Cc1ccc(CC(=O)N2CCO[C@@H]3CN(C(=O)c4cccc(Cc5ccc(F)cc5)c4)C[C@@H]32)cc1[N+](=O)[O-]. The van der Waals surface area contributed by atoms with Crippen LogP contribution in [0.3, 0.4) is 0 Å². The van der Waals surface area contributed by atoms with Crippen molar-refractivity contribution in [1.82, 2.24) is 9.80 Å². The number of fused-ring (bicyclic) bond motifs is 1. The van der Waals surface area contributed by atoms with Gasteiger partial charge < -0.3 is 14.5 Å². The summed E-state index contributed by atoms with van der Waals surface area (Å²) in [5, 5.41) is 11.3. The first-order valence-corrected chi connectivity index (χ1v) is 12.6. The lowest BCUT2D eigenvalue weighted by Crippen LogP contribution is -2.53. The molecule has 9 heteroatoms. The molecule has 8 nitrogen and oxygen atoms in total. The van der Waals surface area contributed by atoms with Crippen molar-refractivity contribution in [3.8, 4) is 0 Å². The molecule has 2 heterocycles. The Hall–Kier alpha value is -4.11. The van der Waals surface area contributed by atoms with Crippen molar-refractivity contribution >= 4 is 17.5 Å². The molecule has 2 saturated heterocycles. The van der Waals surface area contributed by atoms with Crippen LogP contribution >= 0.6 is 0 Å². The van der Waals surface area contributed by atoms with Crippen LogP contribution in [0.1, 0.15) is 32.6 Å². The second-order valence-electron chi connectivity index (χ2n) is 9.83. The van der Waals surface area contributed by atoms with Gasteiger partial charge in [0.25, 0.3) is 11.6 Å². The molecule has 2 aliphatic heterocycles. The second kappa shape index (κ2) is 10.7. The number of benzene rings is 3. The van der Waals surface area contributed by atoms with Gasteiger partial charge in [0.15, 0.2) is 0 Å². The molecule has 0 unspecified atom stereocenters. The number of halogens is 1. The predicted molar refractivity (Wildman–Crippen MR) is 138 cm³/mol. The Morgan fingerprint density at radius 1 is 1.03 bits per heavy atom. The number of ether oxygens (including phenoxy) is 1. The minimum atomic E-state index is -0.441. The maximum atomic E-state index is 13.4. The Morgan fingerprint density at radius 2 is 1.79 bits per heavy atom. The fourth-order valence-corrected chi connectivity index (χ4v) is 5.24. The molecule has 0 bridgehead atoms. The molecule has 3 aromatic carbocycles. The van der Waals surface area contributed by atoms with E-state index in [9.17, 15) is 24.1 Å². The monoisotopic (exact) mass is 517 g/mol. The first-order valence-electron chi connectivity index (χ1n) is 12.6. The number of morpholine rings is 1. The molecule has 0 saturated carbocycles. The molecule has 0 N–H and O–H groups in total. The summed E-state index contributed by atoms with van der Waals surface area (Å²) in [5.41, 5.74) is 3.56. The number of nitro benzene ring substituents is 1. The molecule has 196 valence electrons. The zero-order valence-corrected chi connectivity index (χ0v) is 21.0. The second-order valence-corrected chi connectivity index (χ2v) is 9.83. The molecule has 0 aliphatic carbocycles. The van der Waals surface area contributed by atoms with Crippen molar-refractivity contribution in [1.29, 1.82) is 0 Å². The molecule has 5 rings (SSSR count). The van der Waals surface area contributed by atoms with Gasteiger partial charge in [0.05, 0.1) is 30.1 Å². The molecular formula is C29H28FN3O5. The third kappa shape index (κ3) is 5.43. The van der Waals surface area contributed by atoms with Gasteiger partial charge in [0.1, 0.15) is 5.82 Å². The van der Waals surface area contributed by atoms with Crippen LogP contribution in [0, 0.1) is 22.9 Å². The molecule has 38 heavy (non-hydrogen) atoms. The number of amides is 2. The number of nitro groups is 1. The largest absolute Gasteiger partial charge is 0.372 e. The first kappa shape index (κ1) is 25.5. The van der Waals surface area contributed by atoms with Gasteiger partial charge in [-0.15, -0.1) is 0 Å². The van der Waals surface area contributed by atoms with Crippen LogP contribution < -0.4 is 0 Å². The number of hydrogen-bond acceptors (Lipinski definition) is 5. The van der Waals surface area contributed by atoms with E-state index in [1.807, 2.05) is 18.2 Å². The third-order valence-electron chi connectivity index (χ3n) is 7.23. The molecule has 0 aromatic heterocycles. The minimum Gasteiger partial charge on any atom is -0.372 e. The standard InChI is InChI=1S/C29H28FN3O5/c1-19-5-6-22(15-25(19)33(36)37)16-28(34)32-11-12-38-27-18-31(17-26(27)32)29(35)23-4-2-3-21(14-23)13-20-7-9-24(30)10-8-20/h2-10,14-15,26-27H,11-13,16-18H2,1H3/t26-,27+/m0/s1. The summed E-state index contributed by atoms with van der Waals surface area (Å²) in [6, 6.07) is 18.3. The van der Waals surface area contributed by atoms with E-state index in [-0.39, 0.29) is 41.9 Å². The summed E-state index contributed by atoms with van der Waals surface area (Å²) in [6.45, 7) is 3.18. The Labute approximate surface area is 219 Å². The van der Waals surface area contributed by atoms with Crippen LogP contribution in [0.25, 0.3) is 0 Å². The van der Waals surface area contributed by atoms with Crippen LogP contribution in [-0.4, -0.2) is 64.9 Å². The van der Waals surface area contributed by atoms with Gasteiger partial charge in [0, 0.05) is 36.8 Å². The van der Waals surface area contributed by atoms with Crippen LogP contribution in [0.4, 0.5) is 10.1 Å². The normalized spacial score (nSPS) is 18.8. The van der Waals surface area contributed by atoms with E-state index >= 15 is 0 Å². The summed E-state index contributed by atoms with van der Waals surface area (Å²) in [4.78, 5) is 40.9. The molecular weight excluding hydrogens is 489 g/mol. The highest BCUT2D eigenvalue weighted by molar-refractivity contribution is 5.94. The maximum absolute atomic E-state index is 13.4. The van der Waals surface area contributed by atoms with E-state index in [0.717, 1.165) is 11.1 Å². The fourth-order valence-electron chi connectivity index (χ4n) is 5.24. The molecule has 0 spiro atoms. The van der Waals surface area contributed by atoms with Crippen LogP contribution in [0.2, 0.25) is 0 Å². The lowest BCUT2D eigenvalue weighted by Gasteiger charge is -2.36. The summed E-state index contributed by atoms with van der Waals surface area (Å²) < 4.78 is 19.2. The zero-order valence-electron chi connectivity index (χ0n) is 21.0. The Bertz CT molecular complexity index is 1380. The average Bonchev–Trinajstić information content (AvgIpc) is 3.35. The quantitative estimate of drug-likeness (QED) is 0.365. The van der Waals surface area contributed by atoms with E-state index < -0.39 is 4.92 Å². The number of likely N-dealkylation sites (tertiary alicyclic amines) is 1. The molecule has 2 atom stereocenters. The van der Waals surface area contributed by atoms with Gasteiger partial charge in [0.2, 0.25) is 5.91 Å². The summed E-state index contributed by atoms with van der Waals surface area (Å²) in [6.07, 6.45) is 0.338. The van der Waals surface area contributed by atoms with Crippen LogP contribution in [-0.2, 0) is 22.4 Å². The highest BCUT2D eigenvalue weighted by atomic mass is 19.1. The van der Waals surface area contributed by atoms with Crippen LogP contribution in [0.5, 0.6) is 0 Å². The van der Waals surface area contributed by atoms with Gasteiger partial charge >= 0.3 is 0 Å². The minimum absolute atomic E-state index is 0.00514. The molecule has 2 fully saturated rings. The smallest absolute Gasteiger partial charge is 0.272 e. The van der Waals surface area contributed by atoms with Gasteiger partial charge in [-0.2, -0.15) is 0 Å². The third-order valence-corrected chi connectivity index (χ3v) is 7.23. The summed E-state index contributed by atoms with van der Waals surface area (Å²) >= 11 is 0. The summed E-state index contributed by atoms with van der Waals surface area (Å²) in [5.74, 6) is -0.564. The average molecular weight is 518 g/mol. The number of aryl methyl sites for hydroxylation is 1. The number of carbonyl (C=O) groups excluding carboxylic acids is 2. The van der Waals surface area contributed by atoms with Crippen molar-refractivity contribution in [2.24, 2.45) is 0 Å². The highest BCUT2D eigenvalue weighted by Crippen LogP contribution is 2.26. The van der Waals surface area contributed by atoms with E-state index in [2.05, 4.69) is 0 Å². The molecule has 0 radical (unpaired) electrons. The Kier molecular flexibility index (Phi) is 7.20. The molecule has 3 aromatic rings. The lowest BCUT2D eigenvalue weighted by atomic mass is 10.0. The predicted octanol–water partition coefficient (Wildman–Crippen LogP) is 3.93. The van der Waals surface area contributed by atoms with E-state index in [0.29, 0.717) is 49.4 Å². The Balaban J connectivity index is 1.27. The number of hydrogen-bond donors (Lipinski definition) is 0. The lowest BCUT2D eigenvalue weighted by molar-refractivity contribution is -0.385. The van der Waals surface area contributed by atoms with E-state index in [4.69, 9.17) is 4.74 Å². The topological polar surface area (TPSA) is 93.0 Å². The number of nitrogens with zero attached hydrogens (tertiary/aromatic N) is 3. The van der Waals surface area contributed by atoms with Gasteiger partial charge in [-0.05, 0) is 54.3 Å². The zero-order chi connectivity index (χ0) is 26.8. The fraction of sp³-hybridized carbons (Fsp3) is 0.310. The van der Waals surface area contributed by atoms with E-state index in [1.165, 1.54) is 18.2 Å². The Morgan fingerprint density at radius 3 is 2.55 bits per heavy atom. The molecule has 2 aliphatic rings. The van der Waals surface area contributed by atoms with Gasteiger partial charge in [-0.3, -0.25) is 19.7 Å². The number of rotatable bonds is 6. The van der Waals surface area contributed by atoms with Crippen molar-refractivity contribution in [3.05, 3.63) is 110 Å². The highest BCUT2D eigenvalue weighted by Gasteiger charge is 2.43. The summed E-state index contributed by atoms with van der Waals surface area (Å²) in [7, 11) is 0. The van der Waals surface area contributed by atoms with E-state index in [1.54, 1.807) is 47.1 Å². The van der Waals surface area contributed by atoms with Gasteiger partial charge in [-0.25, -0.2) is 4.39 Å². The maximum Gasteiger partial charge on any atom is 0.272 e. The van der Waals surface area contributed by atoms with Crippen molar-refractivity contribution in [2.75, 3.05) is 26.2 Å². The number of carbonyl (C=O) groups is 2. The molecule has 2 amide bonds.